The Bertz CT molecular complexity index is 555. The molecule has 4 heteroatoms. The second kappa shape index (κ2) is 4.41. The Balaban J connectivity index is 2.53. The Hall–Kier alpha value is -2.10. The molecule has 0 atom stereocenters. The number of halogens is 1. The van der Waals surface area contributed by atoms with Crippen LogP contribution in [0, 0.1) is 12.7 Å². The number of hydrogen-bond acceptors (Lipinski definition) is 3. The van der Waals surface area contributed by atoms with Crippen molar-refractivity contribution in [3.8, 4) is 17.1 Å². The number of benzene rings is 1. The van der Waals surface area contributed by atoms with Gasteiger partial charge in [0.15, 0.2) is 0 Å². The molecule has 2 aromatic rings. The van der Waals surface area contributed by atoms with Gasteiger partial charge < -0.3 is 10.5 Å². The summed E-state index contributed by atoms with van der Waals surface area (Å²) < 4.78 is 18.1. The molecule has 2 rings (SSSR count). The normalized spacial score (nSPS) is 10.3. The predicted molar refractivity (Wildman–Crippen MR) is 65.3 cm³/mol. The minimum atomic E-state index is -0.256. The molecule has 1 aromatic carbocycles. The van der Waals surface area contributed by atoms with Crippen LogP contribution in [0.1, 0.15) is 5.56 Å². The quantitative estimate of drug-likeness (QED) is 0.866. The number of nitrogens with two attached hydrogens (primary N) is 1. The van der Waals surface area contributed by atoms with Crippen molar-refractivity contribution in [3.05, 3.63) is 41.7 Å². The van der Waals surface area contributed by atoms with Gasteiger partial charge >= 0.3 is 0 Å². The monoisotopic (exact) mass is 232 g/mol. The van der Waals surface area contributed by atoms with E-state index < -0.39 is 0 Å². The van der Waals surface area contributed by atoms with E-state index in [0.717, 1.165) is 11.1 Å². The van der Waals surface area contributed by atoms with Gasteiger partial charge in [0.25, 0.3) is 0 Å². The number of methoxy groups -OCH3 is 1. The van der Waals surface area contributed by atoms with Crippen LogP contribution in [0.3, 0.4) is 0 Å². The third-order valence-electron chi connectivity index (χ3n) is 2.55. The fraction of sp³-hybridized carbons (Fsp3) is 0.154. The Labute approximate surface area is 99.1 Å². The van der Waals surface area contributed by atoms with Gasteiger partial charge in [-0.15, -0.1) is 0 Å². The van der Waals surface area contributed by atoms with Crippen molar-refractivity contribution in [2.45, 2.75) is 6.92 Å². The van der Waals surface area contributed by atoms with Gasteiger partial charge in [0.2, 0.25) is 5.88 Å². The molecule has 0 bridgehead atoms. The summed E-state index contributed by atoms with van der Waals surface area (Å²) >= 11 is 0. The van der Waals surface area contributed by atoms with Gasteiger partial charge in [0, 0.05) is 5.56 Å². The molecule has 0 radical (unpaired) electrons. The van der Waals surface area contributed by atoms with E-state index in [0.29, 0.717) is 17.3 Å². The molecular formula is C13H13FN2O. The number of pyridine rings is 1. The zero-order chi connectivity index (χ0) is 12.4. The van der Waals surface area contributed by atoms with Crippen molar-refractivity contribution in [1.82, 2.24) is 4.98 Å². The summed E-state index contributed by atoms with van der Waals surface area (Å²) in [6.07, 6.45) is 0. The highest BCUT2D eigenvalue weighted by molar-refractivity contribution is 5.66. The van der Waals surface area contributed by atoms with Crippen molar-refractivity contribution >= 4 is 5.69 Å². The van der Waals surface area contributed by atoms with Crippen LogP contribution < -0.4 is 10.5 Å². The standard InChI is InChI=1S/C13H13FN2O/c1-8-7-9(14)3-4-10(8)12-6-5-11(15)13(16-12)17-2/h3-7H,15H2,1-2H3. The Kier molecular flexibility index (Phi) is 2.95. The Morgan fingerprint density at radius 1 is 1.24 bits per heavy atom. The highest BCUT2D eigenvalue weighted by Crippen LogP contribution is 2.27. The van der Waals surface area contributed by atoms with Crippen molar-refractivity contribution in [2.24, 2.45) is 0 Å². The molecule has 0 aliphatic carbocycles. The number of aromatic nitrogens is 1. The molecule has 0 aliphatic rings. The highest BCUT2D eigenvalue weighted by atomic mass is 19.1. The lowest BCUT2D eigenvalue weighted by molar-refractivity contribution is 0.401. The van der Waals surface area contributed by atoms with E-state index in [1.165, 1.54) is 19.2 Å². The maximum atomic E-state index is 13.0. The summed E-state index contributed by atoms with van der Waals surface area (Å²) in [7, 11) is 1.51. The van der Waals surface area contributed by atoms with Crippen molar-refractivity contribution in [3.63, 3.8) is 0 Å². The van der Waals surface area contributed by atoms with Crippen molar-refractivity contribution in [2.75, 3.05) is 12.8 Å². The fourth-order valence-corrected chi connectivity index (χ4v) is 1.68. The SMILES string of the molecule is COc1nc(-c2ccc(F)cc2C)ccc1N. The van der Waals surface area contributed by atoms with Crippen LogP contribution in [0.4, 0.5) is 10.1 Å². The van der Waals surface area contributed by atoms with E-state index in [2.05, 4.69) is 4.98 Å². The van der Waals surface area contributed by atoms with Crippen LogP contribution in [0.2, 0.25) is 0 Å². The molecule has 2 N–H and O–H groups in total. The molecule has 0 aliphatic heterocycles. The third kappa shape index (κ3) is 2.20. The topological polar surface area (TPSA) is 48.1 Å². The second-order valence-electron chi connectivity index (χ2n) is 3.75. The number of anilines is 1. The summed E-state index contributed by atoms with van der Waals surface area (Å²) in [6.45, 7) is 1.84. The molecular weight excluding hydrogens is 219 g/mol. The first-order valence-electron chi connectivity index (χ1n) is 5.19. The Morgan fingerprint density at radius 2 is 2.00 bits per heavy atom. The first kappa shape index (κ1) is 11.4. The molecule has 0 fully saturated rings. The van der Waals surface area contributed by atoms with Gasteiger partial charge in [-0.25, -0.2) is 9.37 Å². The minimum absolute atomic E-state index is 0.256. The van der Waals surface area contributed by atoms with E-state index in [9.17, 15) is 4.39 Å². The number of nitrogens with zero attached hydrogens (tertiary/aromatic N) is 1. The highest BCUT2D eigenvalue weighted by Gasteiger charge is 2.08. The van der Waals surface area contributed by atoms with Gasteiger partial charge in [-0.1, -0.05) is 0 Å². The average molecular weight is 232 g/mol. The first-order valence-corrected chi connectivity index (χ1v) is 5.19. The van der Waals surface area contributed by atoms with E-state index in [4.69, 9.17) is 10.5 Å². The maximum Gasteiger partial charge on any atom is 0.237 e. The summed E-state index contributed by atoms with van der Waals surface area (Å²) in [4.78, 5) is 4.28. The largest absolute Gasteiger partial charge is 0.480 e. The molecule has 3 nitrogen and oxygen atoms in total. The third-order valence-corrected chi connectivity index (χ3v) is 2.55. The molecule has 1 heterocycles. The maximum absolute atomic E-state index is 13.0. The van der Waals surface area contributed by atoms with E-state index in [-0.39, 0.29) is 5.82 Å². The van der Waals surface area contributed by atoms with Gasteiger partial charge in [-0.2, -0.15) is 0 Å². The van der Waals surface area contributed by atoms with Crippen LogP contribution in [0.15, 0.2) is 30.3 Å². The molecule has 0 saturated carbocycles. The Morgan fingerprint density at radius 3 is 2.65 bits per heavy atom. The minimum Gasteiger partial charge on any atom is -0.480 e. The van der Waals surface area contributed by atoms with Gasteiger partial charge in [-0.3, -0.25) is 0 Å². The molecule has 0 saturated heterocycles. The molecule has 1 aromatic heterocycles. The summed E-state index contributed by atoms with van der Waals surface area (Å²) in [5.74, 6) is 0.125. The van der Waals surface area contributed by atoms with Crippen molar-refractivity contribution in [1.29, 1.82) is 0 Å². The number of ether oxygens (including phenoxy) is 1. The molecule has 0 amide bonds. The van der Waals surface area contributed by atoms with Gasteiger partial charge in [0.1, 0.15) is 5.82 Å². The van der Waals surface area contributed by atoms with Crippen molar-refractivity contribution < 1.29 is 9.13 Å². The summed E-state index contributed by atoms with van der Waals surface area (Å²) in [6, 6.07) is 8.09. The van der Waals surface area contributed by atoms with Crippen LogP contribution in [0.25, 0.3) is 11.3 Å². The summed E-state index contributed by atoms with van der Waals surface area (Å²) in [5, 5.41) is 0. The summed E-state index contributed by atoms with van der Waals surface area (Å²) in [5.41, 5.74) is 8.58. The van der Waals surface area contributed by atoms with Gasteiger partial charge in [0.05, 0.1) is 18.5 Å². The van der Waals surface area contributed by atoms with E-state index >= 15 is 0 Å². The average Bonchev–Trinajstić information content (AvgIpc) is 2.30. The second-order valence-corrected chi connectivity index (χ2v) is 3.75. The lowest BCUT2D eigenvalue weighted by atomic mass is 10.1. The van der Waals surface area contributed by atoms with Crippen LogP contribution in [-0.2, 0) is 0 Å². The zero-order valence-electron chi connectivity index (χ0n) is 9.70. The predicted octanol–water partition coefficient (Wildman–Crippen LogP) is 2.79. The van der Waals surface area contributed by atoms with Crippen LogP contribution >= 0.6 is 0 Å². The first-order chi connectivity index (χ1) is 8.11. The van der Waals surface area contributed by atoms with Crippen LogP contribution in [0.5, 0.6) is 5.88 Å². The molecule has 0 unspecified atom stereocenters. The number of nitrogen functional groups attached to an aromatic ring is 1. The van der Waals surface area contributed by atoms with Crippen LogP contribution in [-0.4, -0.2) is 12.1 Å². The van der Waals surface area contributed by atoms with E-state index in [1.807, 2.05) is 6.92 Å². The number of aryl methyl sites for hydroxylation is 1. The molecule has 88 valence electrons. The lowest BCUT2D eigenvalue weighted by Gasteiger charge is -2.08. The number of rotatable bonds is 2. The molecule has 0 spiro atoms. The van der Waals surface area contributed by atoms with Gasteiger partial charge in [-0.05, 0) is 42.8 Å². The number of hydrogen-bond donors (Lipinski definition) is 1. The van der Waals surface area contributed by atoms with E-state index in [1.54, 1.807) is 18.2 Å². The zero-order valence-corrected chi connectivity index (χ0v) is 9.70. The smallest absolute Gasteiger partial charge is 0.237 e. The fourth-order valence-electron chi connectivity index (χ4n) is 1.68. The lowest BCUT2D eigenvalue weighted by Crippen LogP contribution is -1.97. The molecule has 17 heavy (non-hydrogen) atoms.